The van der Waals surface area contributed by atoms with Crippen LogP contribution in [0.25, 0.3) is 11.3 Å². The number of benzene rings is 2. The van der Waals surface area contributed by atoms with Crippen LogP contribution in [0.3, 0.4) is 0 Å². The molecule has 0 aliphatic carbocycles. The van der Waals surface area contributed by atoms with Crippen LogP contribution in [0.15, 0.2) is 52.9 Å². The van der Waals surface area contributed by atoms with Gasteiger partial charge in [0.2, 0.25) is 11.0 Å². The smallest absolute Gasteiger partial charge is 0.221 e. The Balaban J connectivity index is 1.66. The van der Waals surface area contributed by atoms with E-state index in [4.69, 9.17) is 9.47 Å². The van der Waals surface area contributed by atoms with Gasteiger partial charge in [0.05, 0.1) is 25.1 Å². The summed E-state index contributed by atoms with van der Waals surface area (Å²) in [6.07, 6.45) is 1.70. The molecule has 8 heteroatoms. The number of aromatic nitrogens is 1. The fourth-order valence-corrected chi connectivity index (χ4v) is 3.37. The van der Waals surface area contributed by atoms with Crippen molar-refractivity contribution in [1.82, 2.24) is 4.98 Å². The van der Waals surface area contributed by atoms with E-state index >= 15 is 0 Å². The van der Waals surface area contributed by atoms with E-state index in [9.17, 15) is 4.79 Å². The molecular formula is C22H24N4O3S. The topological polar surface area (TPSA) is 84.8 Å². The molecule has 7 nitrogen and oxygen atoms in total. The molecule has 2 aromatic carbocycles. The molecule has 0 saturated carbocycles. The highest BCUT2D eigenvalue weighted by atomic mass is 32.1. The Morgan fingerprint density at radius 3 is 2.60 bits per heavy atom. The Hall–Kier alpha value is -3.39. The Morgan fingerprint density at radius 1 is 1.13 bits per heavy atom. The van der Waals surface area contributed by atoms with E-state index in [0.29, 0.717) is 24.1 Å². The molecule has 3 rings (SSSR count). The minimum absolute atomic E-state index is 0.0965. The summed E-state index contributed by atoms with van der Waals surface area (Å²) in [4.78, 5) is 15.7. The summed E-state index contributed by atoms with van der Waals surface area (Å²) in [5, 5.41) is 9.67. The van der Waals surface area contributed by atoms with E-state index < -0.39 is 0 Å². The number of nitrogens with one attached hydrogen (secondary N) is 2. The quantitative estimate of drug-likeness (QED) is 0.372. The van der Waals surface area contributed by atoms with Crippen LogP contribution >= 0.6 is 11.3 Å². The Morgan fingerprint density at radius 2 is 1.90 bits per heavy atom. The number of hydrogen-bond acceptors (Lipinski definition) is 7. The third-order valence-corrected chi connectivity index (χ3v) is 4.71. The van der Waals surface area contributed by atoms with Gasteiger partial charge in [-0.15, -0.1) is 11.3 Å². The highest BCUT2D eigenvalue weighted by Crippen LogP contribution is 2.27. The molecule has 1 amide bonds. The van der Waals surface area contributed by atoms with Crippen molar-refractivity contribution in [2.24, 2.45) is 5.10 Å². The molecule has 0 fully saturated rings. The Kier molecular flexibility index (Phi) is 7.40. The maximum Gasteiger partial charge on any atom is 0.221 e. The fraction of sp³-hybridized carbons (Fsp3) is 0.227. The van der Waals surface area contributed by atoms with Crippen LogP contribution in [0.1, 0.15) is 26.3 Å². The average Bonchev–Trinajstić information content (AvgIpc) is 3.19. The van der Waals surface area contributed by atoms with E-state index in [1.807, 2.05) is 61.7 Å². The maximum absolute atomic E-state index is 11.1. The van der Waals surface area contributed by atoms with Crippen molar-refractivity contribution in [3.63, 3.8) is 0 Å². The third-order valence-electron chi connectivity index (χ3n) is 3.96. The van der Waals surface area contributed by atoms with E-state index in [1.54, 1.807) is 6.21 Å². The number of thiazole rings is 1. The average molecular weight is 425 g/mol. The van der Waals surface area contributed by atoms with Gasteiger partial charge >= 0.3 is 0 Å². The number of hydrazone groups is 1. The molecule has 0 bridgehead atoms. The first-order valence-electron chi connectivity index (χ1n) is 9.61. The van der Waals surface area contributed by atoms with Crippen molar-refractivity contribution >= 4 is 34.3 Å². The van der Waals surface area contributed by atoms with Gasteiger partial charge in [0.25, 0.3) is 0 Å². The first kappa shape index (κ1) is 21.3. The minimum Gasteiger partial charge on any atom is -0.494 e. The van der Waals surface area contributed by atoms with E-state index in [1.165, 1.54) is 18.3 Å². The molecule has 30 heavy (non-hydrogen) atoms. The van der Waals surface area contributed by atoms with Gasteiger partial charge in [0.1, 0.15) is 11.5 Å². The highest BCUT2D eigenvalue weighted by molar-refractivity contribution is 7.14. The number of nitrogens with zero attached hydrogens (tertiary/aromatic N) is 2. The highest BCUT2D eigenvalue weighted by Gasteiger charge is 2.06. The predicted octanol–water partition coefficient (Wildman–Crippen LogP) is 5.01. The molecule has 156 valence electrons. The van der Waals surface area contributed by atoms with Crippen molar-refractivity contribution < 1.29 is 14.3 Å². The minimum atomic E-state index is -0.0965. The summed E-state index contributed by atoms with van der Waals surface area (Å²) < 4.78 is 11.2. The number of hydrogen-bond donors (Lipinski definition) is 2. The fourth-order valence-electron chi connectivity index (χ4n) is 2.70. The molecule has 0 saturated heterocycles. The van der Waals surface area contributed by atoms with Gasteiger partial charge in [-0.25, -0.2) is 4.98 Å². The SMILES string of the molecule is CCOc1ccc(/C=N\Nc2nc(-c3ccc(NC(C)=O)cc3)cs2)c(OCC)c1. The number of anilines is 2. The lowest BCUT2D eigenvalue weighted by molar-refractivity contribution is -0.114. The van der Waals surface area contributed by atoms with Gasteiger partial charge < -0.3 is 14.8 Å². The number of rotatable bonds is 9. The number of carbonyl (C=O) groups excluding carboxylic acids is 1. The van der Waals surface area contributed by atoms with Crippen molar-refractivity contribution in [2.75, 3.05) is 24.0 Å². The predicted molar refractivity (Wildman–Crippen MR) is 122 cm³/mol. The summed E-state index contributed by atoms with van der Waals surface area (Å²) in [7, 11) is 0. The normalized spacial score (nSPS) is 10.8. The number of amides is 1. The summed E-state index contributed by atoms with van der Waals surface area (Å²) >= 11 is 1.46. The lowest BCUT2D eigenvalue weighted by Crippen LogP contribution is -2.05. The van der Waals surface area contributed by atoms with Crippen LogP contribution in [-0.2, 0) is 4.79 Å². The van der Waals surface area contributed by atoms with Gasteiger partial charge in [0, 0.05) is 35.2 Å². The monoisotopic (exact) mass is 424 g/mol. The van der Waals surface area contributed by atoms with Crippen LogP contribution in [0, 0.1) is 0 Å². The van der Waals surface area contributed by atoms with Gasteiger partial charge in [-0.1, -0.05) is 12.1 Å². The molecule has 0 aliphatic heterocycles. The van der Waals surface area contributed by atoms with E-state index in [2.05, 4.69) is 20.8 Å². The first-order chi connectivity index (χ1) is 14.6. The van der Waals surface area contributed by atoms with Gasteiger partial charge in [-0.3, -0.25) is 10.2 Å². The first-order valence-corrected chi connectivity index (χ1v) is 10.5. The molecule has 0 atom stereocenters. The Labute approximate surface area is 179 Å². The summed E-state index contributed by atoms with van der Waals surface area (Å²) in [5.74, 6) is 1.38. The number of ether oxygens (including phenoxy) is 2. The lowest BCUT2D eigenvalue weighted by Gasteiger charge is -2.09. The zero-order valence-corrected chi connectivity index (χ0v) is 18.0. The van der Waals surface area contributed by atoms with Crippen molar-refractivity contribution in [2.45, 2.75) is 20.8 Å². The summed E-state index contributed by atoms with van der Waals surface area (Å²) in [6.45, 7) is 6.52. The lowest BCUT2D eigenvalue weighted by atomic mass is 10.1. The zero-order chi connectivity index (χ0) is 21.3. The molecule has 1 aromatic heterocycles. The van der Waals surface area contributed by atoms with Crippen LogP contribution in [0.4, 0.5) is 10.8 Å². The van der Waals surface area contributed by atoms with E-state index in [0.717, 1.165) is 28.3 Å². The van der Waals surface area contributed by atoms with Crippen molar-refractivity contribution in [3.05, 3.63) is 53.4 Å². The molecule has 2 N–H and O–H groups in total. The van der Waals surface area contributed by atoms with Crippen LogP contribution < -0.4 is 20.2 Å². The van der Waals surface area contributed by atoms with Crippen molar-refractivity contribution in [1.29, 1.82) is 0 Å². The second-order valence-corrected chi connectivity index (χ2v) is 7.09. The summed E-state index contributed by atoms with van der Waals surface area (Å²) in [6, 6.07) is 13.2. The molecule has 0 radical (unpaired) electrons. The van der Waals surface area contributed by atoms with E-state index in [-0.39, 0.29) is 5.91 Å². The van der Waals surface area contributed by atoms with Gasteiger partial charge in [0.15, 0.2) is 0 Å². The molecule has 0 spiro atoms. The van der Waals surface area contributed by atoms with Gasteiger partial charge in [-0.05, 0) is 38.1 Å². The molecule has 3 aromatic rings. The number of carbonyl (C=O) groups is 1. The van der Waals surface area contributed by atoms with Crippen LogP contribution in [-0.4, -0.2) is 30.3 Å². The maximum atomic E-state index is 11.1. The summed E-state index contributed by atoms with van der Waals surface area (Å²) in [5.41, 5.74) is 6.36. The van der Waals surface area contributed by atoms with Crippen LogP contribution in [0.5, 0.6) is 11.5 Å². The molecule has 0 unspecified atom stereocenters. The van der Waals surface area contributed by atoms with Crippen LogP contribution in [0.2, 0.25) is 0 Å². The van der Waals surface area contributed by atoms with Crippen molar-refractivity contribution in [3.8, 4) is 22.8 Å². The third kappa shape index (κ3) is 5.81. The second-order valence-electron chi connectivity index (χ2n) is 6.23. The van der Waals surface area contributed by atoms with Gasteiger partial charge in [-0.2, -0.15) is 5.10 Å². The Bertz CT molecular complexity index is 1020. The standard InChI is InChI=1S/C22H24N4O3S/c1-4-28-19-11-8-17(21(12-19)29-5-2)13-23-26-22-25-20(14-30-22)16-6-9-18(10-7-16)24-15(3)27/h6-14H,4-5H2,1-3H3,(H,24,27)(H,25,26)/b23-13-. The molecule has 1 heterocycles. The molecule has 0 aliphatic rings. The zero-order valence-electron chi connectivity index (χ0n) is 17.1. The molecular weight excluding hydrogens is 400 g/mol. The largest absolute Gasteiger partial charge is 0.494 e. The second kappa shape index (κ2) is 10.4.